The number of sulfone groups is 1. The zero-order valence-corrected chi connectivity index (χ0v) is 13.5. The number of thioether (sulfide) groups is 1. The first-order valence-electron chi connectivity index (χ1n) is 7.22. The highest BCUT2D eigenvalue weighted by atomic mass is 32.2. The highest BCUT2D eigenvalue weighted by Gasteiger charge is 2.21. The van der Waals surface area contributed by atoms with E-state index in [0.717, 1.165) is 18.5 Å². The fourth-order valence-corrected chi connectivity index (χ4v) is 4.61. The smallest absolute Gasteiger partial charge is 0.153 e. The van der Waals surface area contributed by atoms with Gasteiger partial charge < -0.3 is 4.90 Å². The van der Waals surface area contributed by atoms with Crippen molar-refractivity contribution in [2.24, 2.45) is 0 Å². The molecule has 0 radical (unpaired) electrons. The van der Waals surface area contributed by atoms with Crippen LogP contribution in [0.4, 0.5) is 5.69 Å². The predicted octanol–water partition coefficient (Wildman–Crippen LogP) is 3.25. The predicted molar refractivity (Wildman–Crippen MR) is 89.6 cm³/mol. The Kier molecular flexibility index (Phi) is 4.40. The van der Waals surface area contributed by atoms with E-state index in [9.17, 15) is 8.42 Å². The van der Waals surface area contributed by atoms with Crippen molar-refractivity contribution < 1.29 is 8.42 Å². The minimum absolute atomic E-state index is 0.265. The average molecular weight is 321 g/mol. The second kappa shape index (κ2) is 6.28. The Morgan fingerprint density at radius 1 is 1.00 bits per heavy atom. The van der Waals surface area contributed by atoms with Gasteiger partial charge in [0.25, 0.3) is 0 Å². The molecule has 0 saturated carbocycles. The molecule has 1 fully saturated rings. The van der Waals surface area contributed by atoms with Gasteiger partial charge in [0.15, 0.2) is 9.84 Å². The standard InChI is InChI=1S/C16H19NO2S2/c18-21(19)12-10-17(11-13-21)14-6-8-16(9-7-14)20-15-4-2-1-3-5-15/h2,4-9H,1,3,10-13H2. The summed E-state index contributed by atoms with van der Waals surface area (Å²) in [4.78, 5) is 4.68. The minimum Gasteiger partial charge on any atom is -0.369 e. The van der Waals surface area contributed by atoms with Gasteiger partial charge in [-0.3, -0.25) is 0 Å². The van der Waals surface area contributed by atoms with E-state index in [2.05, 4.69) is 47.4 Å². The second-order valence-corrected chi connectivity index (χ2v) is 8.77. The van der Waals surface area contributed by atoms with Crippen LogP contribution in [0.1, 0.15) is 12.8 Å². The first kappa shape index (κ1) is 14.7. The van der Waals surface area contributed by atoms with Crippen LogP contribution in [0.2, 0.25) is 0 Å². The van der Waals surface area contributed by atoms with Crippen molar-refractivity contribution in [2.45, 2.75) is 17.7 Å². The van der Waals surface area contributed by atoms with Crippen LogP contribution < -0.4 is 4.90 Å². The van der Waals surface area contributed by atoms with E-state index in [1.165, 1.54) is 9.80 Å². The molecule has 1 heterocycles. The van der Waals surface area contributed by atoms with E-state index in [0.29, 0.717) is 13.1 Å². The summed E-state index contributed by atoms with van der Waals surface area (Å²) >= 11 is 1.78. The largest absolute Gasteiger partial charge is 0.369 e. The number of benzene rings is 1. The van der Waals surface area contributed by atoms with E-state index in [1.807, 2.05) is 0 Å². The summed E-state index contributed by atoms with van der Waals surface area (Å²) in [5, 5.41) is 0. The Hall–Kier alpha value is -1.20. The summed E-state index contributed by atoms with van der Waals surface area (Å²) in [5.74, 6) is 0.530. The summed E-state index contributed by atoms with van der Waals surface area (Å²) < 4.78 is 22.9. The molecule has 0 amide bonds. The van der Waals surface area contributed by atoms with Crippen LogP contribution in [-0.4, -0.2) is 33.0 Å². The maximum absolute atomic E-state index is 11.5. The molecular formula is C16H19NO2S2. The van der Waals surface area contributed by atoms with E-state index in [-0.39, 0.29) is 11.5 Å². The van der Waals surface area contributed by atoms with Gasteiger partial charge in [0.05, 0.1) is 11.5 Å². The molecule has 0 aromatic heterocycles. The van der Waals surface area contributed by atoms with Crippen molar-refractivity contribution in [2.75, 3.05) is 29.5 Å². The third kappa shape index (κ3) is 3.92. The lowest BCUT2D eigenvalue weighted by Crippen LogP contribution is -2.40. The summed E-state index contributed by atoms with van der Waals surface area (Å²) in [6.07, 6.45) is 8.93. The summed E-state index contributed by atoms with van der Waals surface area (Å²) in [7, 11) is -2.81. The lowest BCUT2D eigenvalue weighted by atomic mass is 10.2. The number of nitrogens with zero attached hydrogens (tertiary/aromatic N) is 1. The lowest BCUT2D eigenvalue weighted by molar-refractivity contribution is 0.587. The van der Waals surface area contributed by atoms with Crippen LogP contribution in [0.15, 0.2) is 52.3 Å². The van der Waals surface area contributed by atoms with Gasteiger partial charge in [-0.05, 0) is 37.1 Å². The number of allylic oxidation sites excluding steroid dienone is 3. The number of hydrogen-bond donors (Lipinski definition) is 0. The van der Waals surface area contributed by atoms with Gasteiger partial charge in [0.2, 0.25) is 0 Å². The molecule has 0 atom stereocenters. The quantitative estimate of drug-likeness (QED) is 0.856. The monoisotopic (exact) mass is 321 g/mol. The van der Waals surface area contributed by atoms with Crippen LogP contribution in [0.5, 0.6) is 0 Å². The molecule has 1 saturated heterocycles. The van der Waals surface area contributed by atoms with Crippen molar-refractivity contribution in [3.63, 3.8) is 0 Å². The highest BCUT2D eigenvalue weighted by molar-refractivity contribution is 8.03. The molecule has 21 heavy (non-hydrogen) atoms. The summed E-state index contributed by atoms with van der Waals surface area (Å²) in [6.45, 7) is 1.20. The highest BCUT2D eigenvalue weighted by Crippen LogP contribution is 2.31. The molecular weight excluding hydrogens is 302 g/mol. The van der Waals surface area contributed by atoms with Gasteiger partial charge in [-0.1, -0.05) is 30.0 Å². The maximum Gasteiger partial charge on any atom is 0.153 e. The molecule has 3 nitrogen and oxygen atoms in total. The van der Waals surface area contributed by atoms with E-state index in [4.69, 9.17) is 0 Å². The third-order valence-electron chi connectivity index (χ3n) is 3.74. The molecule has 0 N–H and O–H groups in total. The van der Waals surface area contributed by atoms with Gasteiger partial charge >= 0.3 is 0 Å². The number of hydrogen-bond acceptors (Lipinski definition) is 4. The molecule has 1 aliphatic carbocycles. The Morgan fingerprint density at radius 3 is 2.33 bits per heavy atom. The molecule has 5 heteroatoms. The van der Waals surface area contributed by atoms with Crippen molar-refractivity contribution in [3.8, 4) is 0 Å². The fourth-order valence-electron chi connectivity index (χ4n) is 2.50. The van der Waals surface area contributed by atoms with Crippen molar-refractivity contribution in [1.29, 1.82) is 0 Å². The van der Waals surface area contributed by atoms with E-state index >= 15 is 0 Å². The second-order valence-electron chi connectivity index (χ2n) is 5.32. The van der Waals surface area contributed by atoms with Gasteiger partial charge in [0.1, 0.15) is 0 Å². The normalized spacial score (nSPS) is 21.1. The summed E-state index contributed by atoms with van der Waals surface area (Å²) in [5.41, 5.74) is 1.11. The molecule has 1 aromatic carbocycles. The van der Waals surface area contributed by atoms with Gasteiger partial charge in [0, 0.05) is 28.6 Å². The lowest BCUT2D eigenvalue weighted by Gasteiger charge is -2.28. The van der Waals surface area contributed by atoms with Crippen LogP contribution >= 0.6 is 11.8 Å². The average Bonchev–Trinajstić information content (AvgIpc) is 2.49. The minimum atomic E-state index is -2.81. The first-order valence-corrected chi connectivity index (χ1v) is 9.86. The summed E-state index contributed by atoms with van der Waals surface area (Å²) in [6, 6.07) is 8.42. The Bertz CT molecular complexity index is 646. The van der Waals surface area contributed by atoms with Crippen LogP contribution in [0, 0.1) is 0 Å². The SMILES string of the molecule is O=S1(=O)CCN(c2ccc(SC3=CCCC=C3)cc2)CC1. The van der Waals surface area contributed by atoms with E-state index in [1.54, 1.807) is 11.8 Å². The fraction of sp³-hybridized carbons (Fsp3) is 0.375. The van der Waals surface area contributed by atoms with Gasteiger partial charge in [-0.25, -0.2) is 8.42 Å². The van der Waals surface area contributed by atoms with Crippen molar-refractivity contribution in [3.05, 3.63) is 47.4 Å². The molecule has 0 bridgehead atoms. The molecule has 0 unspecified atom stereocenters. The zero-order valence-electron chi connectivity index (χ0n) is 11.9. The van der Waals surface area contributed by atoms with Gasteiger partial charge in [-0.2, -0.15) is 0 Å². The van der Waals surface area contributed by atoms with Crippen LogP contribution in [-0.2, 0) is 9.84 Å². The molecule has 0 spiro atoms. The third-order valence-corrected chi connectivity index (χ3v) is 6.40. The molecule has 2 aliphatic rings. The Labute approximate surface area is 130 Å². The molecule has 112 valence electrons. The molecule has 1 aromatic rings. The van der Waals surface area contributed by atoms with Gasteiger partial charge in [-0.15, -0.1) is 0 Å². The zero-order chi connectivity index (χ0) is 14.7. The topological polar surface area (TPSA) is 37.4 Å². The van der Waals surface area contributed by atoms with Crippen molar-refractivity contribution >= 4 is 27.3 Å². The van der Waals surface area contributed by atoms with Crippen LogP contribution in [0.3, 0.4) is 0 Å². The number of anilines is 1. The van der Waals surface area contributed by atoms with Crippen molar-refractivity contribution in [1.82, 2.24) is 0 Å². The maximum atomic E-state index is 11.5. The molecule has 3 rings (SSSR count). The first-order chi connectivity index (χ1) is 10.1. The van der Waals surface area contributed by atoms with E-state index < -0.39 is 9.84 Å². The number of rotatable bonds is 3. The Morgan fingerprint density at radius 2 is 1.71 bits per heavy atom. The molecule has 1 aliphatic heterocycles. The Balaban J connectivity index is 1.64. The van der Waals surface area contributed by atoms with Crippen LogP contribution in [0.25, 0.3) is 0 Å².